The molecule has 0 bridgehead atoms. The van der Waals surface area contributed by atoms with E-state index in [1.807, 2.05) is 39.0 Å². The van der Waals surface area contributed by atoms with Crippen LogP contribution in [-0.4, -0.2) is 80.6 Å². The Morgan fingerprint density at radius 2 is 1.71 bits per heavy atom. The fourth-order valence-electron chi connectivity index (χ4n) is 10.1. The van der Waals surface area contributed by atoms with Gasteiger partial charge in [-0.25, -0.2) is 29.0 Å². The van der Waals surface area contributed by atoms with Gasteiger partial charge in [0.05, 0.1) is 40.3 Å². The molecule has 324 valence electrons. The number of nitrogens with one attached hydrogen (secondary N) is 1. The smallest absolute Gasteiger partial charge is 0.411 e. The van der Waals surface area contributed by atoms with Crippen molar-refractivity contribution in [3.05, 3.63) is 114 Å². The van der Waals surface area contributed by atoms with Gasteiger partial charge in [-0.15, -0.1) is 0 Å². The van der Waals surface area contributed by atoms with E-state index in [4.69, 9.17) is 14.5 Å². The Kier molecular flexibility index (Phi) is 9.47. The highest BCUT2D eigenvalue weighted by molar-refractivity contribution is 5.90. The average molecular weight is 854 g/mol. The normalized spacial score (nSPS) is 18.4. The number of fused-ring (bicyclic) bond motifs is 6. The van der Waals surface area contributed by atoms with Crippen molar-refractivity contribution in [2.45, 2.75) is 97.2 Å². The zero-order valence-electron chi connectivity index (χ0n) is 35.4. The van der Waals surface area contributed by atoms with E-state index in [1.54, 1.807) is 46.7 Å². The van der Waals surface area contributed by atoms with Gasteiger partial charge in [0, 0.05) is 54.8 Å². The molecule has 1 amide bonds. The highest BCUT2D eigenvalue weighted by atomic mass is 16.6. The van der Waals surface area contributed by atoms with Crippen LogP contribution in [0.3, 0.4) is 0 Å². The number of amides is 1. The number of phenolic OH excluding ortho intramolecular Hbond substituents is 3. The van der Waals surface area contributed by atoms with Gasteiger partial charge in [0.2, 0.25) is 5.60 Å². The van der Waals surface area contributed by atoms with Crippen molar-refractivity contribution in [3.8, 4) is 45.7 Å². The lowest BCUT2D eigenvalue weighted by molar-refractivity contribution is -0.173. The summed E-state index contributed by atoms with van der Waals surface area (Å²) in [6.45, 7) is 9.74. The lowest BCUT2D eigenvalue weighted by atomic mass is 9.85. The third-order valence-electron chi connectivity index (χ3n) is 13.5. The van der Waals surface area contributed by atoms with Crippen molar-refractivity contribution >= 4 is 23.0 Å². The second kappa shape index (κ2) is 14.9. The number of pyridine rings is 2. The molecule has 6 aromatic rings. The van der Waals surface area contributed by atoms with Crippen molar-refractivity contribution in [2.24, 2.45) is 0 Å². The minimum Gasteiger partial charge on any atom is -0.508 e. The first-order valence-electron chi connectivity index (χ1n) is 21.5. The van der Waals surface area contributed by atoms with E-state index in [0.717, 1.165) is 27.6 Å². The number of phenols is 3. The number of aromatic amines is 1. The summed E-state index contributed by atoms with van der Waals surface area (Å²) in [5.74, 6) is -0.630. The zero-order valence-corrected chi connectivity index (χ0v) is 35.4. The number of H-pyrrole nitrogens is 1. The lowest BCUT2D eigenvalue weighted by Gasteiger charge is -2.40. The maximum absolute atomic E-state index is 14.2. The van der Waals surface area contributed by atoms with Crippen LogP contribution in [0.2, 0.25) is 0 Å². The van der Waals surface area contributed by atoms with E-state index in [-0.39, 0.29) is 65.7 Å². The molecule has 4 N–H and O–H groups in total. The molecule has 4 aliphatic heterocycles. The first-order valence-corrected chi connectivity index (χ1v) is 21.5. The number of aromatic hydroxyl groups is 3. The SMILES string of the molecule is CCc1c2c(nc3ccc(O)cc13)-c1cc3c(c(=O)n1C2)COC(=O)C3(CC)OC(=O)N1CCC(N2Cc3ccc(-n4c(-c5cc(C(C)C)c(O)cc5O)n[nH]c4=O)cc3C2)CC1. The first-order chi connectivity index (χ1) is 30.3. The monoisotopic (exact) mass is 853 g/mol. The van der Waals surface area contributed by atoms with E-state index in [0.29, 0.717) is 84.7 Å². The van der Waals surface area contributed by atoms with Gasteiger partial charge in [-0.2, -0.15) is 5.10 Å². The number of rotatable bonds is 7. The molecule has 0 saturated carbocycles. The van der Waals surface area contributed by atoms with Crippen LogP contribution in [0.1, 0.15) is 91.8 Å². The van der Waals surface area contributed by atoms with Crippen LogP contribution in [0.25, 0.3) is 39.4 Å². The predicted molar refractivity (Wildman–Crippen MR) is 231 cm³/mol. The van der Waals surface area contributed by atoms with Gasteiger partial charge in [-0.05, 0) is 96.3 Å². The Balaban J connectivity index is 0.862. The van der Waals surface area contributed by atoms with Gasteiger partial charge in [-0.1, -0.05) is 33.8 Å². The van der Waals surface area contributed by atoms with E-state index >= 15 is 0 Å². The number of hydrogen-bond donors (Lipinski definition) is 4. The van der Waals surface area contributed by atoms with Gasteiger partial charge in [0.15, 0.2) is 5.82 Å². The fourth-order valence-corrected chi connectivity index (χ4v) is 10.1. The van der Waals surface area contributed by atoms with E-state index < -0.39 is 23.4 Å². The summed E-state index contributed by atoms with van der Waals surface area (Å²) in [5.41, 5.74) is 5.33. The molecule has 4 aliphatic rings. The molecule has 10 rings (SSSR count). The molecular formula is C47H47N7O9. The van der Waals surface area contributed by atoms with Gasteiger partial charge in [0.25, 0.3) is 5.56 Å². The Hall–Kier alpha value is -6.94. The molecule has 7 heterocycles. The van der Waals surface area contributed by atoms with Gasteiger partial charge in [0.1, 0.15) is 23.9 Å². The number of carbonyl (C=O) groups is 2. The predicted octanol–water partition coefficient (Wildman–Crippen LogP) is 6.05. The molecule has 3 aromatic heterocycles. The molecule has 0 spiro atoms. The maximum Gasteiger partial charge on any atom is 0.411 e. The lowest BCUT2D eigenvalue weighted by Crippen LogP contribution is -2.51. The molecule has 3 aromatic carbocycles. The number of aryl methyl sites for hydroxylation is 1. The number of carbonyl (C=O) groups excluding carboxylic acids is 2. The second-order valence-corrected chi connectivity index (χ2v) is 17.3. The molecule has 1 saturated heterocycles. The minimum atomic E-state index is -1.84. The Morgan fingerprint density at radius 1 is 0.937 bits per heavy atom. The summed E-state index contributed by atoms with van der Waals surface area (Å²) in [5, 5.41) is 39.0. The van der Waals surface area contributed by atoms with Crippen molar-refractivity contribution in [2.75, 3.05) is 13.1 Å². The van der Waals surface area contributed by atoms with Crippen LogP contribution >= 0.6 is 0 Å². The van der Waals surface area contributed by atoms with Crippen molar-refractivity contribution in [1.82, 2.24) is 34.1 Å². The topological polar surface area (TPSA) is 205 Å². The molecule has 16 heteroatoms. The minimum absolute atomic E-state index is 0.0323. The molecular weight excluding hydrogens is 807 g/mol. The summed E-state index contributed by atoms with van der Waals surface area (Å²) in [7, 11) is 0. The molecule has 1 unspecified atom stereocenters. The van der Waals surface area contributed by atoms with Crippen LogP contribution in [0.4, 0.5) is 4.79 Å². The summed E-state index contributed by atoms with van der Waals surface area (Å²) in [6, 6.07) is 15.7. The highest BCUT2D eigenvalue weighted by Gasteiger charge is 2.51. The third-order valence-corrected chi connectivity index (χ3v) is 13.5. The van der Waals surface area contributed by atoms with E-state index in [2.05, 4.69) is 15.1 Å². The van der Waals surface area contributed by atoms with Crippen molar-refractivity contribution in [3.63, 3.8) is 0 Å². The molecule has 0 aliphatic carbocycles. The fraction of sp³-hybridized carbons (Fsp3) is 0.362. The number of cyclic esters (lactones) is 1. The Labute approximate surface area is 361 Å². The van der Waals surface area contributed by atoms with Crippen molar-refractivity contribution in [1.29, 1.82) is 0 Å². The molecule has 1 atom stereocenters. The summed E-state index contributed by atoms with van der Waals surface area (Å²) in [6.07, 6.45) is 1.36. The molecule has 0 radical (unpaired) electrons. The summed E-state index contributed by atoms with van der Waals surface area (Å²) in [4.78, 5) is 64.1. The number of benzene rings is 3. The molecule has 16 nitrogen and oxygen atoms in total. The van der Waals surface area contributed by atoms with Gasteiger partial charge >= 0.3 is 17.8 Å². The number of likely N-dealkylation sites (tertiary alicyclic amines) is 1. The van der Waals surface area contributed by atoms with E-state index in [1.165, 1.54) is 10.6 Å². The molecule has 1 fully saturated rings. The number of hydrogen-bond acceptors (Lipinski definition) is 12. The Morgan fingerprint density at radius 3 is 2.46 bits per heavy atom. The summed E-state index contributed by atoms with van der Waals surface area (Å²) >= 11 is 0. The van der Waals surface area contributed by atoms with Crippen LogP contribution in [0.15, 0.2) is 64.2 Å². The second-order valence-electron chi connectivity index (χ2n) is 17.3. The number of nitrogens with zero attached hydrogens (tertiary/aromatic N) is 6. The maximum atomic E-state index is 14.2. The van der Waals surface area contributed by atoms with Crippen LogP contribution < -0.4 is 11.2 Å². The highest BCUT2D eigenvalue weighted by Crippen LogP contribution is 2.43. The van der Waals surface area contributed by atoms with E-state index in [9.17, 15) is 34.5 Å². The quantitative estimate of drug-likeness (QED) is 0.135. The van der Waals surface area contributed by atoms with Crippen LogP contribution in [0.5, 0.6) is 17.2 Å². The first kappa shape index (κ1) is 40.2. The zero-order chi connectivity index (χ0) is 44.1. The number of piperidine rings is 1. The molecule has 63 heavy (non-hydrogen) atoms. The largest absolute Gasteiger partial charge is 0.508 e. The number of esters is 1. The average Bonchev–Trinajstić information content (AvgIpc) is 3.98. The third kappa shape index (κ3) is 6.28. The standard InChI is InChI=1S/C47H47N7O9/c1-5-30-32-16-29(55)9-10-37(32)48-41-34(30)22-53-38(41)18-36-35(43(53)58)23-62-44(59)47(36,6-2)63-46(61)51-13-11-27(12-14-51)52-20-25-7-8-28(15-26(25)21-52)54-42(49-50-45(54)60)33-17-31(24(3)4)39(56)19-40(33)57/h7-10,15-19,24,27,55-57H,5-6,11-14,20-23H2,1-4H3,(H,50,60). The number of ether oxygens (including phenoxy) is 2. The van der Waals surface area contributed by atoms with Gasteiger partial charge in [-0.3, -0.25) is 9.69 Å². The van der Waals surface area contributed by atoms with Crippen molar-refractivity contribution < 1.29 is 34.4 Å². The number of aromatic nitrogens is 5. The van der Waals surface area contributed by atoms with Crippen LogP contribution in [0, 0.1) is 0 Å². The Bertz CT molecular complexity index is 3030. The van der Waals surface area contributed by atoms with Crippen LogP contribution in [-0.2, 0) is 52.5 Å². The summed E-state index contributed by atoms with van der Waals surface area (Å²) < 4.78 is 14.9. The van der Waals surface area contributed by atoms with Gasteiger partial charge < -0.3 is 34.3 Å².